The number of alkyl halides is 3. The highest BCUT2D eigenvalue weighted by Gasteiger charge is 2.42. The van der Waals surface area contributed by atoms with Crippen LogP contribution in [0.5, 0.6) is 0 Å². The molecule has 0 unspecified atom stereocenters. The number of hydroxylamine groups is 1. The molecule has 1 aliphatic rings. The number of hydrogen-bond donors (Lipinski definition) is 0. The summed E-state index contributed by atoms with van der Waals surface area (Å²) in [6, 6.07) is 5.60. The molecule has 0 aliphatic carbocycles. The maximum Gasteiger partial charge on any atom is 0.451 e. The zero-order chi connectivity index (χ0) is 13.5. The van der Waals surface area contributed by atoms with Crippen molar-refractivity contribution in [1.29, 1.82) is 0 Å². The SMILES string of the molecule is C=C(ON1C(=O)C(=O)c2ccccc21)C(F)(F)F. The Morgan fingerprint density at radius 1 is 1.22 bits per heavy atom. The van der Waals surface area contributed by atoms with Crippen LogP contribution in [0.3, 0.4) is 0 Å². The summed E-state index contributed by atoms with van der Waals surface area (Å²) >= 11 is 0. The number of allylic oxidation sites excluding steroid dienone is 1. The zero-order valence-electron chi connectivity index (χ0n) is 8.82. The number of hydrogen-bond acceptors (Lipinski definition) is 3. The maximum absolute atomic E-state index is 12.3. The van der Waals surface area contributed by atoms with Gasteiger partial charge >= 0.3 is 12.1 Å². The summed E-state index contributed by atoms with van der Waals surface area (Å²) in [5, 5.41) is 0.299. The first-order chi connectivity index (χ1) is 8.32. The van der Waals surface area contributed by atoms with Crippen molar-refractivity contribution < 1.29 is 27.6 Å². The second-order valence-corrected chi connectivity index (χ2v) is 3.46. The molecule has 1 aliphatic heterocycles. The molecule has 2 rings (SSSR count). The maximum atomic E-state index is 12.3. The normalized spacial score (nSPS) is 14.7. The van der Waals surface area contributed by atoms with Crippen molar-refractivity contribution in [1.82, 2.24) is 0 Å². The molecule has 1 aromatic rings. The molecule has 0 aromatic heterocycles. The Hall–Kier alpha value is -2.31. The van der Waals surface area contributed by atoms with Gasteiger partial charge < -0.3 is 4.84 Å². The molecular weight excluding hydrogens is 251 g/mol. The predicted octanol–water partition coefficient (Wildman–Crippen LogP) is 2.22. The highest BCUT2D eigenvalue weighted by Crippen LogP contribution is 2.33. The lowest BCUT2D eigenvalue weighted by molar-refractivity contribution is -0.140. The van der Waals surface area contributed by atoms with Gasteiger partial charge in [-0.25, -0.2) is 0 Å². The number of Topliss-reactive ketones (excluding diaryl/α,β-unsaturated/α-hetero) is 1. The van der Waals surface area contributed by atoms with Crippen molar-refractivity contribution >= 4 is 17.4 Å². The molecule has 4 nitrogen and oxygen atoms in total. The molecule has 0 fully saturated rings. The molecular formula is C11H6F3NO3. The van der Waals surface area contributed by atoms with Crippen LogP contribution in [0.1, 0.15) is 10.4 Å². The Bertz CT molecular complexity index is 551. The second kappa shape index (κ2) is 3.86. The molecule has 7 heteroatoms. The largest absolute Gasteiger partial charge is 0.451 e. The minimum atomic E-state index is -4.80. The Kier molecular flexibility index (Phi) is 2.61. The van der Waals surface area contributed by atoms with Gasteiger partial charge in [-0.2, -0.15) is 13.2 Å². The number of fused-ring (bicyclic) bond motifs is 1. The fourth-order valence-corrected chi connectivity index (χ4v) is 1.41. The second-order valence-electron chi connectivity index (χ2n) is 3.46. The molecule has 18 heavy (non-hydrogen) atoms. The smallest absolute Gasteiger partial charge is 0.367 e. The van der Waals surface area contributed by atoms with Crippen LogP contribution in [0.25, 0.3) is 0 Å². The molecule has 94 valence electrons. The van der Waals surface area contributed by atoms with Crippen LogP contribution in [0.4, 0.5) is 18.9 Å². The average Bonchev–Trinajstić information content (AvgIpc) is 2.54. The van der Waals surface area contributed by atoms with Crippen molar-refractivity contribution in [3.63, 3.8) is 0 Å². The van der Waals surface area contributed by atoms with Gasteiger partial charge in [-0.15, -0.1) is 5.06 Å². The third-order valence-corrected chi connectivity index (χ3v) is 2.26. The van der Waals surface area contributed by atoms with Crippen LogP contribution < -0.4 is 5.06 Å². The van der Waals surface area contributed by atoms with E-state index in [1.165, 1.54) is 24.3 Å². The number of ketones is 1. The summed E-state index contributed by atoms with van der Waals surface area (Å²) in [5.41, 5.74) is -0.0321. The molecule has 0 atom stereocenters. The molecule has 1 amide bonds. The number of benzene rings is 1. The monoisotopic (exact) mass is 257 g/mol. The van der Waals surface area contributed by atoms with Crippen molar-refractivity contribution in [2.45, 2.75) is 6.18 Å². The first kappa shape index (κ1) is 12.2. The van der Waals surface area contributed by atoms with E-state index in [0.717, 1.165) is 0 Å². The highest BCUT2D eigenvalue weighted by molar-refractivity contribution is 6.51. The van der Waals surface area contributed by atoms with Gasteiger partial charge in [0.25, 0.3) is 5.78 Å². The van der Waals surface area contributed by atoms with Gasteiger partial charge in [0.15, 0.2) is 0 Å². The minimum absolute atomic E-state index is 0.00234. The summed E-state index contributed by atoms with van der Waals surface area (Å²) in [5.74, 6) is -3.66. The van der Waals surface area contributed by atoms with Crippen molar-refractivity contribution in [2.24, 2.45) is 0 Å². The molecule has 1 heterocycles. The number of rotatable bonds is 2. The molecule has 0 radical (unpaired) electrons. The summed E-state index contributed by atoms with van der Waals surface area (Å²) in [6.45, 7) is 2.67. The molecule has 0 N–H and O–H groups in total. The standard InChI is InChI=1S/C11H6F3NO3/c1-6(11(12,13)14)18-15-8-5-3-2-4-7(8)9(16)10(15)17/h2-5H,1H2. The van der Waals surface area contributed by atoms with Crippen molar-refractivity contribution in [3.8, 4) is 0 Å². The third kappa shape index (κ3) is 1.83. The van der Waals surface area contributed by atoms with E-state index in [2.05, 4.69) is 11.4 Å². The number of carbonyl (C=O) groups excluding carboxylic acids is 2. The van der Waals surface area contributed by atoms with E-state index in [1.54, 1.807) is 0 Å². The van der Waals surface area contributed by atoms with Gasteiger partial charge in [-0.1, -0.05) is 12.1 Å². The topological polar surface area (TPSA) is 46.6 Å². The number of nitrogens with zero attached hydrogens (tertiary/aromatic N) is 1. The zero-order valence-corrected chi connectivity index (χ0v) is 8.82. The highest BCUT2D eigenvalue weighted by atomic mass is 19.4. The van der Waals surface area contributed by atoms with E-state index in [9.17, 15) is 22.8 Å². The van der Waals surface area contributed by atoms with Crippen LogP contribution in [-0.2, 0) is 9.63 Å². The predicted molar refractivity (Wildman–Crippen MR) is 54.5 cm³/mol. The van der Waals surface area contributed by atoms with Gasteiger partial charge in [-0.3, -0.25) is 9.59 Å². The quantitative estimate of drug-likeness (QED) is 0.603. The molecule has 0 spiro atoms. The van der Waals surface area contributed by atoms with Crippen LogP contribution in [0.2, 0.25) is 0 Å². The summed E-state index contributed by atoms with van der Waals surface area (Å²) < 4.78 is 36.8. The van der Waals surface area contributed by atoms with Gasteiger partial charge in [0.2, 0.25) is 5.76 Å². The van der Waals surface area contributed by atoms with Crippen LogP contribution in [-0.4, -0.2) is 17.9 Å². The molecule has 0 bridgehead atoms. The van der Waals surface area contributed by atoms with Crippen LogP contribution in [0, 0.1) is 0 Å². The Morgan fingerprint density at radius 3 is 2.44 bits per heavy atom. The minimum Gasteiger partial charge on any atom is -0.367 e. The summed E-state index contributed by atoms with van der Waals surface area (Å²) in [7, 11) is 0. The number of halogens is 3. The van der Waals surface area contributed by atoms with Gasteiger partial charge in [0, 0.05) is 0 Å². The lowest BCUT2D eigenvalue weighted by Crippen LogP contribution is -2.32. The van der Waals surface area contributed by atoms with Gasteiger partial charge in [-0.05, 0) is 18.7 Å². The van der Waals surface area contributed by atoms with Crippen LogP contribution in [0.15, 0.2) is 36.6 Å². The number of carbonyl (C=O) groups is 2. The Labute approximate surface area is 99.2 Å². The molecule has 0 saturated carbocycles. The van der Waals surface area contributed by atoms with E-state index in [4.69, 9.17) is 0 Å². The Morgan fingerprint density at radius 2 is 1.83 bits per heavy atom. The van der Waals surface area contributed by atoms with Crippen molar-refractivity contribution in [3.05, 3.63) is 42.2 Å². The number of amides is 1. The Balaban J connectivity index is 2.33. The van der Waals surface area contributed by atoms with E-state index in [1.807, 2.05) is 0 Å². The first-order valence-corrected chi connectivity index (χ1v) is 4.74. The summed E-state index contributed by atoms with van der Waals surface area (Å²) in [4.78, 5) is 27.3. The molecule has 0 saturated heterocycles. The fraction of sp³-hybridized carbons (Fsp3) is 0.0909. The van der Waals surface area contributed by atoms with Crippen LogP contribution >= 0.6 is 0 Å². The van der Waals surface area contributed by atoms with Gasteiger partial charge in [0.1, 0.15) is 0 Å². The van der Waals surface area contributed by atoms with Gasteiger partial charge in [0.05, 0.1) is 11.3 Å². The van der Waals surface area contributed by atoms with E-state index >= 15 is 0 Å². The molecule has 1 aromatic carbocycles. The average molecular weight is 257 g/mol. The fourth-order valence-electron chi connectivity index (χ4n) is 1.41. The first-order valence-electron chi connectivity index (χ1n) is 4.74. The third-order valence-electron chi connectivity index (χ3n) is 2.26. The van der Waals surface area contributed by atoms with E-state index in [0.29, 0.717) is 5.06 Å². The number of anilines is 1. The summed E-state index contributed by atoms with van der Waals surface area (Å²) in [6.07, 6.45) is -4.80. The van der Waals surface area contributed by atoms with E-state index in [-0.39, 0.29) is 11.3 Å². The lowest BCUT2D eigenvalue weighted by Gasteiger charge is -2.19. The van der Waals surface area contributed by atoms with Crippen molar-refractivity contribution in [2.75, 3.05) is 5.06 Å². The lowest BCUT2D eigenvalue weighted by atomic mass is 10.1. The van der Waals surface area contributed by atoms with E-state index < -0.39 is 23.6 Å². The number of para-hydroxylation sites is 1.